The number of aromatic hydroxyl groups is 1. The smallest absolute Gasteiger partial charge is 0.121 e. The summed E-state index contributed by atoms with van der Waals surface area (Å²) in [6.45, 7) is 5.86. The van der Waals surface area contributed by atoms with Gasteiger partial charge in [-0.25, -0.2) is 0 Å². The molecule has 0 saturated carbocycles. The predicted octanol–water partition coefficient (Wildman–Crippen LogP) is 4.06. The van der Waals surface area contributed by atoms with Crippen molar-refractivity contribution in [2.24, 2.45) is 0 Å². The number of phenolic OH excluding ortho intramolecular Hbond substituents is 1. The largest absolute Gasteiger partial charge is 0.508 e. The quantitative estimate of drug-likeness (QED) is 0.648. The minimum absolute atomic E-state index is 0.326. The number of aryl methyl sites for hydroxylation is 1. The van der Waals surface area contributed by atoms with Crippen LogP contribution in [0.5, 0.6) is 5.75 Å². The predicted molar refractivity (Wildman–Crippen MR) is 76.1 cm³/mol. The van der Waals surface area contributed by atoms with Gasteiger partial charge in [0.25, 0.3) is 0 Å². The molecule has 0 radical (unpaired) electrons. The minimum atomic E-state index is 0.326. The van der Waals surface area contributed by atoms with Gasteiger partial charge in [0.1, 0.15) is 5.75 Å². The number of aromatic amines is 1. The second kappa shape index (κ2) is 3.91. The number of hydrogen-bond donors (Lipinski definition) is 2. The fraction of sp³-hybridized carbons (Fsp3) is 0.125. The summed E-state index contributed by atoms with van der Waals surface area (Å²) < 4.78 is 0. The van der Waals surface area contributed by atoms with E-state index < -0.39 is 0 Å². The van der Waals surface area contributed by atoms with E-state index in [4.69, 9.17) is 0 Å². The number of nitrogens with one attached hydrogen (secondary N) is 1. The summed E-state index contributed by atoms with van der Waals surface area (Å²) in [5, 5.41) is 12.4. The number of aromatic nitrogens is 1. The van der Waals surface area contributed by atoms with Gasteiger partial charge in [0.2, 0.25) is 0 Å². The van der Waals surface area contributed by atoms with Crippen LogP contribution in [-0.4, -0.2) is 10.1 Å². The van der Waals surface area contributed by atoms with Crippen molar-refractivity contribution >= 4 is 21.8 Å². The van der Waals surface area contributed by atoms with E-state index in [0.29, 0.717) is 12.2 Å². The number of fused-ring (bicyclic) bond motifs is 3. The molecule has 0 bridgehead atoms. The second-order valence-corrected chi connectivity index (χ2v) is 4.60. The van der Waals surface area contributed by atoms with E-state index in [-0.39, 0.29) is 0 Å². The average Bonchev–Trinajstić information content (AvgIpc) is 2.73. The molecule has 3 aromatic rings. The first kappa shape index (κ1) is 10.9. The van der Waals surface area contributed by atoms with E-state index in [1.54, 1.807) is 6.07 Å². The molecule has 0 fully saturated rings. The normalized spacial score (nSPS) is 11.2. The lowest BCUT2D eigenvalue weighted by Gasteiger charge is -2.03. The summed E-state index contributed by atoms with van der Waals surface area (Å²) in [7, 11) is 0. The molecule has 0 aliphatic rings. The van der Waals surface area contributed by atoms with E-state index in [1.807, 2.05) is 18.2 Å². The van der Waals surface area contributed by atoms with Crippen molar-refractivity contribution in [3.05, 3.63) is 54.1 Å². The maximum atomic E-state index is 9.97. The summed E-state index contributed by atoms with van der Waals surface area (Å²) in [6, 6.07) is 9.96. The van der Waals surface area contributed by atoms with Crippen LogP contribution in [-0.2, 0) is 6.42 Å². The molecule has 90 valence electrons. The van der Waals surface area contributed by atoms with Crippen LogP contribution in [0.4, 0.5) is 0 Å². The van der Waals surface area contributed by atoms with Gasteiger partial charge in [-0.15, -0.1) is 6.58 Å². The van der Waals surface area contributed by atoms with Crippen LogP contribution in [0.25, 0.3) is 21.8 Å². The summed E-state index contributed by atoms with van der Waals surface area (Å²) in [6.07, 6.45) is 2.47. The zero-order valence-corrected chi connectivity index (χ0v) is 10.3. The van der Waals surface area contributed by atoms with E-state index in [1.165, 1.54) is 10.9 Å². The molecule has 18 heavy (non-hydrogen) atoms. The van der Waals surface area contributed by atoms with E-state index in [2.05, 4.69) is 30.6 Å². The van der Waals surface area contributed by atoms with Crippen LogP contribution in [0.3, 0.4) is 0 Å². The molecule has 3 rings (SSSR count). The molecule has 1 aromatic heterocycles. The maximum Gasteiger partial charge on any atom is 0.121 e. The van der Waals surface area contributed by atoms with Crippen molar-refractivity contribution in [1.29, 1.82) is 0 Å². The Labute approximate surface area is 106 Å². The molecule has 2 N–H and O–H groups in total. The van der Waals surface area contributed by atoms with Crippen molar-refractivity contribution in [3.8, 4) is 5.75 Å². The highest BCUT2D eigenvalue weighted by Gasteiger charge is 2.11. The summed E-state index contributed by atoms with van der Waals surface area (Å²) in [5.74, 6) is 0.326. The highest BCUT2D eigenvalue weighted by Crippen LogP contribution is 2.34. The lowest BCUT2D eigenvalue weighted by atomic mass is 10.0. The highest BCUT2D eigenvalue weighted by molar-refractivity contribution is 6.10. The van der Waals surface area contributed by atoms with E-state index >= 15 is 0 Å². The molecule has 0 aliphatic heterocycles. The number of H-pyrrole nitrogens is 1. The molecule has 0 saturated heterocycles. The number of benzene rings is 2. The third-order valence-corrected chi connectivity index (χ3v) is 3.44. The molecule has 1 heterocycles. The van der Waals surface area contributed by atoms with Gasteiger partial charge in [-0.05, 0) is 37.1 Å². The Morgan fingerprint density at radius 3 is 2.89 bits per heavy atom. The highest BCUT2D eigenvalue weighted by atomic mass is 16.3. The zero-order valence-electron chi connectivity index (χ0n) is 10.3. The first-order valence-corrected chi connectivity index (χ1v) is 6.05. The molecule has 2 heteroatoms. The van der Waals surface area contributed by atoms with Crippen molar-refractivity contribution < 1.29 is 5.11 Å². The number of allylic oxidation sites excluding steroid dienone is 1. The van der Waals surface area contributed by atoms with Crippen LogP contribution in [0.15, 0.2) is 43.0 Å². The van der Waals surface area contributed by atoms with Crippen molar-refractivity contribution in [2.45, 2.75) is 13.3 Å². The first-order valence-electron chi connectivity index (χ1n) is 6.05. The van der Waals surface area contributed by atoms with Crippen LogP contribution >= 0.6 is 0 Å². The Balaban J connectivity index is 2.50. The van der Waals surface area contributed by atoms with Gasteiger partial charge in [0.05, 0.1) is 5.52 Å². The SMILES string of the molecule is C=CCc1c(O)ccc2c1[nH]c1cccc(C)c12. The molecule has 0 unspecified atom stereocenters. The van der Waals surface area contributed by atoms with Gasteiger partial charge in [-0.3, -0.25) is 0 Å². The van der Waals surface area contributed by atoms with Crippen LogP contribution in [0.1, 0.15) is 11.1 Å². The Hall–Kier alpha value is -2.22. The van der Waals surface area contributed by atoms with Crippen molar-refractivity contribution in [1.82, 2.24) is 4.98 Å². The topological polar surface area (TPSA) is 36.0 Å². The number of hydrogen-bond acceptors (Lipinski definition) is 1. The van der Waals surface area contributed by atoms with Gasteiger partial charge in [-0.2, -0.15) is 0 Å². The number of phenols is 1. The summed E-state index contributed by atoms with van der Waals surface area (Å²) in [5.41, 5.74) is 4.28. The van der Waals surface area contributed by atoms with E-state index in [9.17, 15) is 5.11 Å². The molecule has 2 aromatic carbocycles. The fourth-order valence-corrected chi connectivity index (χ4v) is 2.60. The Morgan fingerprint density at radius 1 is 1.28 bits per heavy atom. The standard InChI is InChI=1S/C16H15NO/c1-3-5-11-14(18)9-8-12-15-10(2)6-4-7-13(15)17-16(11)12/h3-4,6-9,17-18H,1,5H2,2H3. The van der Waals surface area contributed by atoms with Gasteiger partial charge in [0.15, 0.2) is 0 Å². The lowest BCUT2D eigenvalue weighted by molar-refractivity contribution is 0.471. The van der Waals surface area contributed by atoms with E-state index in [0.717, 1.165) is 22.0 Å². The van der Waals surface area contributed by atoms with Crippen LogP contribution in [0, 0.1) is 6.92 Å². The molecule has 2 nitrogen and oxygen atoms in total. The van der Waals surface area contributed by atoms with Crippen LogP contribution in [0.2, 0.25) is 0 Å². The second-order valence-electron chi connectivity index (χ2n) is 4.60. The Bertz CT molecular complexity index is 752. The monoisotopic (exact) mass is 237 g/mol. The van der Waals surface area contributed by atoms with Gasteiger partial charge in [0, 0.05) is 21.9 Å². The molecular formula is C16H15NO. The summed E-state index contributed by atoms with van der Waals surface area (Å²) >= 11 is 0. The van der Waals surface area contributed by atoms with Gasteiger partial charge < -0.3 is 10.1 Å². The fourth-order valence-electron chi connectivity index (χ4n) is 2.60. The average molecular weight is 237 g/mol. The molecule has 0 spiro atoms. The third kappa shape index (κ3) is 1.42. The molecular weight excluding hydrogens is 222 g/mol. The van der Waals surface area contributed by atoms with Gasteiger partial charge in [-0.1, -0.05) is 18.2 Å². The first-order chi connectivity index (χ1) is 8.72. The third-order valence-electron chi connectivity index (χ3n) is 3.44. The molecule has 0 amide bonds. The zero-order chi connectivity index (χ0) is 12.7. The van der Waals surface area contributed by atoms with Crippen molar-refractivity contribution in [2.75, 3.05) is 0 Å². The van der Waals surface area contributed by atoms with Gasteiger partial charge >= 0.3 is 0 Å². The summed E-state index contributed by atoms with van der Waals surface area (Å²) in [4.78, 5) is 3.41. The molecule has 0 atom stereocenters. The lowest BCUT2D eigenvalue weighted by Crippen LogP contribution is -1.84. The number of rotatable bonds is 2. The Morgan fingerprint density at radius 2 is 2.11 bits per heavy atom. The minimum Gasteiger partial charge on any atom is -0.508 e. The maximum absolute atomic E-state index is 9.97. The van der Waals surface area contributed by atoms with Crippen LogP contribution < -0.4 is 0 Å². The molecule has 0 aliphatic carbocycles. The Kier molecular flexibility index (Phi) is 2.37. The van der Waals surface area contributed by atoms with Crippen molar-refractivity contribution in [3.63, 3.8) is 0 Å².